The van der Waals surface area contributed by atoms with Gasteiger partial charge in [0.15, 0.2) is 0 Å². The Balaban J connectivity index is 2.70. The second-order valence-electron chi connectivity index (χ2n) is 5.85. The lowest BCUT2D eigenvalue weighted by Crippen LogP contribution is -2.32. The summed E-state index contributed by atoms with van der Waals surface area (Å²) >= 11 is 6.00. The lowest BCUT2D eigenvalue weighted by Gasteiger charge is -2.20. The number of hydrogen-bond acceptors (Lipinski definition) is 2. The molecule has 1 aromatic carbocycles. The van der Waals surface area contributed by atoms with Crippen LogP contribution in [0.5, 0.6) is 0 Å². The van der Waals surface area contributed by atoms with Gasteiger partial charge in [-0.15, -0.1) is 0 Å². The molecule has 0 aliphatic heterocycles. The van der Waals surface area contributed by atoms with E-state index in [1.165, 1.54) is 0 Å². The number of ether oxygens (including phenoxy) is 1. The van der Waals surface area contributed by atoms with E-state index in [0.717, 1.165) is 11.1 Å². The van der Waals surface area contributed by atoms with Crippen LogP contribution in [-0.2, 0) is 11.3 Å². The molecule has 0 atom stereocenters. The van der Waals surface area contributed by atoms with Crippen molar-refractivity contribution in [3.63, 3.8) is 0 Å². The molecule has 0 saturated heterocycles. The quantitative estimate of drug-likeness (QED) is 0.888. The summed E-state index contributed by atoms with van der Waals surface area (Å²) in [6.45, 7) is 10.2. The van der Waals surface area contributed by atoms with Crippen LogP contribution in [0.2, 0.25) is 5.02 Å². The predicted molar refractivity (Wildman–Crippen MR) is 78.6 cm³/mol. The molecule has 0 saturated carbocycles. The Hall–Kier alpha value is -1.22. The SMILES string of the molecule is CC(C)c1cc(Cl)ccc1CNC(=O)OC(C)(C)C. The third-order valence-electron chi connectivity index (χ3n) is 2.55. The van der Waals surface area contributed by atoms with Gasteiger partial charge in [0.25, 0.3) is 0 Å². The van der Waals surface area contributed by atoms with Gasteiger partial charge in [-0.1, -0.05) is 31.5 Å². The number of alkyl carbamates (subject to hydrolysis) is 1. The molecule has 0 radical (unpaired) electrons. The molecule has 19 heavy (non-hydrogen) atoms. The van der Waals surface area contributed by atoms with Crippen LogP contribution in [0.25, 0.3) is 0 Å². The molecule has 0 unspecified atom stereocenters. The number of hydrogen-bond donors (Lipinski definition) is 1. The van der Waals surface area contributed by atoms with Gasteiger partial charge in [0, 0.05) is 11.6 Å². The number of carbonyl (C=O) groups is 1. The Labute approximate surface area is 120 Å². The summed E-state index contributed by atoms with van der Waals surface area (Å²) in [5.74, 6) is 0.356. The van der Waals surface area contributed by atoms with E-state index in [2.05, 4.69) is 19.2 Å². The van der Waals surface area contributed by atoms with E-state index in [1.807, 2.05) is 39.0 Å². The summed E-state index contributed by atoms with van der Waals surface area (Å²) < 4.78 is 5.21. The highest BCUT2D eigenvalue weighted by Gasteiger charge is 2.16. The van der Waals surface area contributed by atoms with Crippen molar-refractivity contribution in [2.45, 2.75) is 52.7 Å². The fourth-order valence-electron chi connectivity index (χ4n) is 1.75. The third kappa shape index (κ3) is 5.52. The molecular formula is C15H22ClNO2. The van der Waals surface area contributed by atoms with Gasteiger partial charge >= 0.3 is 6.09 Å². The Kier molecular flexibility index (Phi) is 5.24. The van der Waals surface area contributed by atoms with Crippen molar-refractivity contribution < 1.29 is 9.53 Å². The minimum absolute atomic E-state index is 0.356. The van der Waals surface area contributed by atoms with Crippen molar-refractivity contribution in [1.82, 2.24) is 5.32 Å². The van der Waals surface area contributed by atoms with Gasteiger partial charge in [0.1, 0.15) is 5.60 Å². The zero-order valence-corrected chi connectivity index (χ0v) is 13.0. The van der Waals surface area contributed by atoms with E-state index >= 15 is 0 Å². The van der Waals surface area contributed by atoms with Crippen molar-refractivity contribution in [3.05, 3.63) is 34.3 Å². The highest BCUT2D eigenvalue weighted by molar-refractivity contribution is 6.30. The molecule has 0 aliphatic carbocycles. The highest BCUT2D eigenvalue weighted by Crippen LogP contribution is 2.23. The average molecular weight is 284 g/mol. The molecule has 0 heterocycles. The minimum Gasteiger partial charge on any atom is -0.444 e. The molecule has 0 fully saturated rings. The van der Waals surface area contributed by atoms with Gasteiger partial charge in [-0.2, -0.15) is 0 Å². The lowest BCUT2D eigenvalue weighted by molar-refractivity contribution is 0.0523. The first kappa shape index (κ1) is 15.8. The smallest absolute Gasteiger partial charge is 0.407 e. The monoisotopic (exact) mass is 283 g/mol. The summed E-state index contributed by atoms with van der Waals surface area (Å²) in [5, 5.41) is 3.48. The molecule has 0 bridgehead atoms. The molecule has 1 N–H and O–H groups in total. The fourth-order valence-corrected chi connectivity index (χ4v) is 1.93. The third-order valence-corrected chi connectivity index (χ3v) is 2.79. The summed E-state index contributed by atoms with van der Waals surface area (Å²) in [5.41, 5.74) is 1.72. The number of amides is 1. The lowest BCUT2D eigenvalue weighted by atomic mass is 9.97. The minimum atomic E-state index is -0.481. The van der Waals surface area contributed by atoms with Gasteiger partial charge in [0.05, 0.1) is 0 Å². The Morgan fingerprint density at radius 2 is 2.00 bits per heavy atom. The molecule has 106 valence electrons. The summed E-state index contributed by atoms with van der Waals surface area (Å²) in [7, 11) is 0. The van der Waals surface area contributed by atoms with Gasteiger partial charge in [-0.3, -0.25) is 0 Å². The molecular weight excluding hydrogens is 262 g/mol. The van der Waals surface area contributed by atoms with E-state index in [4.69, 9.17) is 16.3 Å². The summed E-state index contributed by atoms with van der Waals surface area (Å²) in [6.07, 6.45) is -0.405. The fraction of sp³-hybridized carbons (Fsp3) is 0.533. The zero-order chi connectivity index (χ0) is 14.6. The van der Waals surface area contributed by atoms with Crippen LogP contribution in [0.3, 0.4) is 0 Å². The van der Waals surface area contributed by atoms with Crippen molar-refractivity contribution in [2.75, 3.05) is 0 Å². The first-order chi connectivity index (χ1) is 8.69. The van der Waals surface area contributed by atoms with E-state index in [9.17, 15) is 4.79 Å². The summed E-state index contributed by atoms with van der Waals surface area (Å²) in [6, 6.07) is 5.72. The van der Waals surface area contributed by atoms with Crippen LogP contribution in [0.4, 0.5) is 4.79 Å². The molecule has 1 amide bonds. The van der Waals surface area contributed by atoms with Gasteiger partial charge < -0.3 is 10.1 Å². The predicted octanol–water partition coefficient (Wildman–Crippen LogP) is 4.49. The van der Waals surface area contributed by atoms with Gasteiger partial charge in [0.2, 0.25) is 0 Å². The second kappa shape index (κ2) is 6.29. The zero-order valence-electron chi connectivity index (χ0n) is 12.2. The van der Waals surface area contributed by atoms with E-state index < -0.39 is 11.7 Å². The van der Waals surface area contributed by atoms with Crippen molar-refractivity contribution in [2.24, 2.45) is 0 Å². The number of rotatable bonds is 3. The molecule has 1 rings (SSSR count). The van der Waals surface area contributed by atoms with Crippen LogP contribution < -0.4 is 5.32 Å². The maximum Gasteiger partial charge on any atom is 0.407 e. The second-order valence-corrected chi connectivity index (χ2v) is 6.29. The average Bonchev–Trinajstić information content (AvgIpc) is 2.24. The van der Waals surface area contributed by atoms with Crippen LogP contribution in [0.1, 0.15) is 51.7 Å². The van der Waals surface area contributed by atoms with E-state index in [0.29, 0.717) is 17.5 Å². The highest BCUT2D eigenvalue weighted by atomic mass is 35.5. The Bertz CT molecular complexity index is 450. The molecule has 3 nitrogen and oxygen atoms in total. The number of nitrogens with one attached hydrogen (secondary N) is 1. The summed E-state index contributed by atoms with van der Waals surface area (Å²) in [4.78, 5) is 11.6. The molecule has 0 aliphatic rings. The van der Waals surface area contributed by atoms with Crippen LogP contribution in [-0.4, -0.2) is 11.7 Å². The molecule has 0 aromatic heterocycles. The van der Waals surface area contributed by atoms with Crippen molar-refractivity contribution >= 4 is 17.7 Å². The van der Waals surface area contributed by atoms with Crippen LogP contribution >= 0.6 is 11.6 Å². The first-order valence-corrected chi connectivity index (χ1v) is 6.82. The van der Waals surface area contributed by atoms with Gasteiger partial charge in [-0.25, -0.2) is 4.79 Å². The largest absolute Gasteiger partial charge is 0.444 e. The molecule has 0 spiro atoms. The van der Waals surface area contributed by atoms with Crippen molar-refractivity contribution in [3.8, 4) is 0 Å². The Morgan fingerprint density at radius 3 is 2.53 bits per heavy atom. The topological polar surface area (TPSA) is 38.3 Å². The number of halogens is 1. The number of carbonyl (C=O) groups excluding carboxylic acids is 1. The van der Waals surface area contributed by atoms with Gasteiger partial charge in [-0.05, 0) is 49.9 Å². The van der Waals surface area contributed by atoms with Crippen molar-refractivity contribution in [1.29, 1.82) is 0 Å². The first-order valence-electron chi connectivity index (χ1n) is 6.44. The standard InChI is InChI=1S/C15H22ClNO2/c1-10(2)13-8-12(16)7-6-11(13)9-17-14(18)19-15(3,4)5/h6-8,10H,9H2,1-5H3,(H,17,18). The van der Waals surface area contributed by atoms with E-state index in [1.54, 1.807) is 0 Å². The van der Waals surface area contributed by atoms with Crippen LogP contribution in [0.15, 0.2) is 18.2 Å². The Morgan fingerprint density at radius 1 is 1.37 bits per heavy atom. The maximum atomic E-state index is 11.6. The maximum absolute atomic E-state index is 11.6. The number of benzene rings is 1. The molecule has 1 aromatic rings. The van der Waals surface area contributed by atoms with E-state index in [-0.39, 0.29) is 0 Å². The van der Waals surface area contributed by atoms with Crippen LogP contribution in [0, 0.1) is 0 Å². The normalized spacial score (nSPS) is 11.5. The molecule has 4 heteroatoms.